The van der Waals surface area contributed by atoms with Gasteiger partial charge in [0.2, 0.25) is 0 Å². The number of rotatable bonds is 4. The maximum atomic E-state index is 11.8. The van der Waals surface area contributed by atoms with Crippen molar-refractivity contribution in [2.24, 2.45) is 0 Å². The van der Waals surface area contributed by atoms with Crippen LogP contribution in [0.15, 0.2) is 53.4 Å². The summed E-state index contributed by atoms with van der Waals surface area (Å²) in [6, 6.07) is 15.6. The zero-order valence-corrected chi connectivity index (χ0v) is 11.9. The Labute approximate surface area is 117 Å². The average molecular weight is 272 g/mol. The number of esters is 1. The van der Waals surface area contributed by atoms with Crippen molar-refractivity contribution in [3.8, 4) is 5.75 Å². The molecule has 0 aliphatic carbocycles. The van der Waals surface area contributed by atoms with Crippen molar-refractivity contribution >= 4 is 17.7 Å². The maximum Gasteiger partial charge on any atom is 0.321 e. The zero-order valence-electron chi connectivity index (χ0n) is 11.1. The van der Waals surface area contributed by atoms with Crippen LogP contribution in [0, 0.1) is 13.8 Å². The summed E-state index contributed by atoms with van der Waals surface area (Å²) in [6.07, 6.45) is 0. The molecule has 2 aromatic rings. The smallest absolute Gasteiger partial charge is 0.321 e. The first kappa shape index (κ1) is 13.7. The first-order valence-corrected chi connectivity index (χ1v) is 7.09. The van der Waals surface area contributed by atoms with E-state index in [4.69, 9.17) is 4.74 Å². The van der Waals surface area contributed by atoms with Gasteiger partial charge in [0, 0.05) is 4.90 Å². The van der Waals surface area contributed by atoms with E-state index in [1.807, 2.05) is 56.3 Å². The lowest BCUT2D eigenvalue weighted by atomic mass is 10.1. The van der Waals surface area contributed by atoms with Crippen molar-refractivity contribution in [3.05, 3.63) is 59.7 Å². The number of benzene rings is 2. The molecule has 0 saturated carbocycles. The Morgan fingerprint density at radius 1 is 1.05 bits per heavy atom. The highest BCUT2D eigenvalue weighted by Gasteiger charge is 2.06. The van der Waals surface area contributed by atoms with Gasteiger partial charge >= 0.3 is 5.97 Å². The Balaban J connectivity index is 1.91. The van der Waals surface area contributed by atoms with E-state index in [1.165, 1.54) is 11.8 Å². The molecule has 19 heavy (non-hydrogen) atoms. The van der Waals surface area contributed by atoms with Crippen molar-refractivity contribution in [3.63, 3.8) is 0 Å². The van der Waals surface area contributed by atoms with Gasteiger partial charge in [0.25, 0.3) is 0 Å². The molecule has 2 aromatic carbocycles. The fourth-order valence-corrected chi connectivity index (χ4v) is 2.50. The molecule has 0 radical (unpaired) electrons. The molecule has 0 aliphatic rings. The standard InChI is InChI=1S/C16H16O2S/c1-12-8-13(2)10-14(9-12)18-16(17)11-19-15-6-4-3-5-7-15/h3-10H,11H2,1-2H3. The molecule has 3 heteroatoms. The Hall–Kier alpha value is -1.74. The van der Waals surface area contributed by atoms with E-state index in [0.29, 0.717) is 11.5 Å². The van der Waals surface area contributed by atoms with Crippen molar-refractivity contribution < 1.29 is 9.53 Å². The van der Waals surface area contributed by atoms with Crippen molar-refractivity contribution in [2.45, 2.75) is 18.7 Å². The quantitative estimate of drug-likeness (QED) is 0.478. The maximum absolute atomic E-state index is 11.8. The summed E-state index contributed by atoms with van der Waals surface area (Å²) >= 11 is 1.48. The third-order valence-electron chi connectivity index (χ3n) is 2.53. The second-order valence-corrected chi connectivity index (χ2v) is 5.45. The van der Waals surface area contributed by atoms with E-state index in [2.05, 4.69) is 6.07 Å². The summed E-state index contributed by atoms with van der Waals surface area (Å²) in [5.74, 6) is 0.715. The van der Waals surface area contributed by atoms with E-state index in [0.717, 1.165) is 16.0 Å². The van der Waals surface area contributed by atoms with Crippen LogP contribution in [-0.2, 0) is 4.79 Å². The largest absolute Gasteiger partial charge is 0.426 e. The molecule has 0 aromatic heterocycles. The Morgan fingerprint density at radius 3 is 2.32 bits per heavy atom. The molecule has 0 aliphatic heterocycles. The number of hydrogen-bond acceptors (Lipinski definition) is 3. The van der Waals surface area contributed by atoms with Crippen molar-refractivity contribution in [1.82, 2.24) is 0 Å². The van der Waals surface area contributed by atoms with Gasteiger partial charge in [0.1, 0.15) is 5.75 Å². The Morgan fingerprint density at radius 2 is 1.68 bits per heavy atom. The number of carbonyl (C=O) groups excluding carboxylic acids is 1. The highest BCUT2D eigenvalue weighted by atomic mass is 32.2. The first-order valence-electron chi connectivity index (χ1n) is 6.10. The third kappa shape index (κ3) is 4.45. The molecule has 0 heterocycles. The van der Waals surface area contributed by atoms with Crippen LogP contribution in [0.4, 0.5) is 0 Å². The van der Waals surface area contributed by atoms with Gasteiger partial charge in [-0.2, -0.15) is 0 Å². The molecule has 0 saturated heterocycles. The van der Waals surface area contributed by atoms with Gasteiger partial charge < -0.3 is 4.74 Å². The minimum Gasteiger partial charge on any atom is -0.426 e. The molecule has 98 valence electrons. The number of thioether (sulfide) groups is 1. The zero-order chi connectivity index (χ0) is 13.7. The van der Waals surface area contributed by atoms with Crippen LogP contribution in [0.5, 0.6) is 5.75 Å². The van der Waals surface area contributed by atoms with Gasteiger partial charge in [-0.1, -0.05) is 24.3 Å². The summed E-state index contributed by atoms with van der Waals surface area (Å²) in [7, 11) is 0. The normalized spacial score (nSPS) is 10.2. The number of hydrogen-bond donors (Lipinski definition) is 0. The topological polar surface area (TPSA) is 26.3 Å². The highest BCUT2D eigenvalue weighted by molar-refractivity contribution is 8.00. The average Bonchev–Trinajstić information content (AvgIpc) is 2.36. The van der Waals surface area contributed by atoms with E-state index in [-0.39, 0.29) is 5.97 Å². The fraction of sp³-hybridized carbons (Fsp3) is 0.188. The lowest BCUT2D eigenvalue weighted by molar-refractivity contribution is -0.131. The van der Waals surface area contributed by atoms with E-state index in [9.17, 15) is 4.79 Å². The monoisotopic (exact) mass is 272 g/mol. The van der Waals surface area contributed by atoms with Crippen LogP contribution in [0.3, 0.4) is 0 Å². The van der Waals surface area contributed by atoms with Gasteiger partial charge in [-0.25, -0.2) is 0 Å². The minimum absolute atomic E-state index is 0.223. The van der Waals surface area contributed by atoms with Crippen LogP contribution < -0.4 is 4.74 Å². The summed E-state index contributed by atoms with van der Waals surface area (Å²) < 4.78 is 5.34. The molecule has 0 spiro atoms. The summed E-state index contributed by atoms with van der Waals surface area (Å²) in [5, 5.41) is 0. The van der Waals surface area contributed by atoms with Crippen LogP contribution >= 0.6 is 11.8 Å². The number of ether oxygens (including phenoxy) is 1. The van der Waals surface area contributed by atoms with Crippen molar-refractivity contribution in [2.75, 3.05) is 5.75 Å². The predicted molar refractivity (Wildman–Crippen MR) is 78.7 cm³/mol. The fourth-order valence-electron chi connectivity index (χ4n) is 1.81. The van der Waals surface area contributed by atoms with Crippen LogP contribution in [-0.4, -0.2) is 11.7 Å². The van der Waals surface area contributed by atoms with Gasteiger partial charge in [0.05, 0.1) is 5.75 Å². The van der Waals surface area contributed by atoms with Gasteiger partial charge in [-0.15, -0.1) is 11.8 Å². The number of carbonyl (C=O) groups is 1. The molecule has 0 amide bonds. The number of aryl methyl sites for hydroxylation is 2. The van der Waals surface area contributed by atoms with Crippen LogP contribution in [0.1, 0.15) is 11.1 Å². The summed E-state index contributed by atoms with van der Waals surface area (Å²) in [5.41, 5.74) is 2.19. The van der Waals surface area contributed by atoms with E-state index in [1.54, 1.807) is 0 Å². The molecule has 0 fully saturated rings. The molecule has 2 nitrogen and oxygen atoms in total. The van der Waals surface area contributed by atoms with E-state index < -0.39 is 0 Å². The summed E-state index contributed by atoms with van der Waals surface area (Å²) in [4.78, 5) is 12.8. The molecule has 0 N–H and O–H groups in total. The molecule has 0 unspecified atom stereocenters. The highest BCUT2D eigenvalue weighted by Crippen LogP contribution is 2.19. The minimum atomic E-state index is -0.223. The second-order valence-electron chi connectivity index (χ2n) is 4.40. The molecular formula is C16H16O2S. The van der Waals surface area contributed by atoms with Gasteiger partial charge in [0.15, 0.2) is 0 Å². The van der Waals surface area contributed by atoms with Crippen molar-refractivity contribution in [1.29, 1.82) is 0 Å². The first-order chi connectivity index (χ1) is 9.13. The SMILES string of the molecule is Cc1cc(C)cc(OC(=O)CSc2ccccc2)c1. The van der Waals surface area contributed by atoms with Gasteiger partial charge in [-0.05, 0) is 49.2 Å². The van der Waals surface area contributed by atoms with Crippen LogP contribution in [0.25, 0.3) is 0 Å². The Bertz CT molecular complexity index is 544. The third-order valence-corrected chi connectivity index (χ3v) is 3.51. The molecular weight excluding hydrogens is 256 g/mol. The summed E-state index contributed by atoms with van der Waals surface area (Å²) in [6.45, 7) is 3.98. The second kappa shape index (κ2) is 6.43. The lowest BCUT2D eigenvalue weighted by Crippen LogP contribution is -2.10. The van der Waals surface area contributed by atoms with E-state index >= 15 is 0 Å². The predicted octanol–water partition coefficient (Wildman–Crippen LogP) is 4.00. The van der Waals surface area contributed by atoms with Gasteiger partial charge in [-0.3, -0.25) is 4.79 Å². The van der Waals surface area contributed by atoms with Crippen LogP contribution in [0.2, 0.25) is 0 Å². The lowest BCUT2D eigenvalue weighted by Gasteiger charge is -2.06. The Kier molecular flexibility index (Phi) is 4.63. The molecule has 0 bridgehead atoms. The molecule has 2 rings (SSSR count). The molecule has 0 atom stereocenters.